The van der Waals surface area contributed by atoms with Gasteiger partial charge in [0.15, 0.2) is 0 Å². The van der Waals surface area contributed by atoms with Crippen molar-refractivity contribution in [2.24, 2.45) is 5.92 Å². The normalized spacial score (nSPS) is 18.9. The zero-order chi connectivity index (χ0) is 8.43. The van der Waals surface area contributed by atoms with Gasteiger partial charge in [-0.3, -0.25) is 14.5 Å². The van der Waals surface area contributed by atoms with E-state index in [0.717, 1.165) is 19.3 Å². The molecule has 3 heteroatoms. The van der Waals surface area contributed by atoms with Crippen LogP contribution >= 0.6 is 0 Å². The predicted molar refractivity (Wildman–Crippen MR) is 40.8 cm³/mol. The largest absolute Gasteiger partial charge is 0.284 e. The predicted octanol–water partition coefficient (Wildman–Crippen LogP) is 0.791. The molecule has 1 heterocycles. The summed E-state index contributed by atoms with van der Waals surface area (Å²) in [6.07, 6.45) is 2.75. The summed E-state index contributed by atoms with van der Waals surface area (Å²) in [5.41, 5.74) is 0. The van der Waals surface area contributed by atoms with Crippen molar-refractivity contribution in [3.63, 3.8) is 0 Å². The van der Waals surface area contributed by atoms with Gasteiger partial charge in [0.05, 0.1) is 0 Å². The standard InChI is InChI=1S/C8H13NO2/c1-3-4-5-6-7(10)9(2)8(6)11/h6H,3-5H2,1-2H3. The molecule has 62 valence electrons. The summed E-state index contributed by atoms with van der Waals surface area (Å²) in [7, 11) is 1.53. The van der Waals surface area contributed by atoms with Crippen LogP contribution in [0, 0.1) is 5.92 Å². The summed E-state index contributed by atoms with van der Waals surface area (Å²) in [5.74, 6) is -0.327. The van der Waals surface area contributed by atoms with Crippen LogP contribution < -0.4 is 0 Å². The Morgan fingerprint density at radius 2 is 1.91 bits per heavy atom. The number of β-lactam (4-membered cyclic amide) rings is 2. The molecule has 1 aliphatic heterocycles. The lowest BCUT2D eigenvalue weighted by atomic mass is 9.92. The van der Waals surface area contributed by atoms with Crippen LogP contribution in [0.3, 0.4) is 0 Å². The molecule has 0 unspecified atom stereocenters. The van der Waals surface area contributed by atoms with E-state index in [1.54, 1.807) is 0 Å². The van der Waals surface area contributed by atoms with E-state index in [1.165, 1.54) is 11.9 Å². The molecule has 1 rings (SSSR count). The van der Waals surface area contributed by atoms with E-state index < -0.39 is 0 Å². The maximum Gasteiger partial charge on any atom is 0.241 e. The van der Waals surface area contributed by atoms with Crippen molar-refractivity contribution in [2.45, 2.75) is 26.2 Å². The van der Waals surface area contributed by atoms with Crippen molar-refractivity contribution in [3.05, 3.63) is 0 Å². The SMILES string of the molecule is CCCCC1C(=O)N(C)C1=O. The number of carbonyl (C=O) groups excluding carboxylic acids is 2. The lowest BCUT2D eigenvalue weighted by Gasteiger charge is -2.32. The molecule has 0 N–H and O–H groups in total. The lowest BCUT2D eigenvalue weighted by Crippen LogP contribution is -2.55. The maximum atomic E-state index is 11.0. The number of rotatable bonds is 3. The van der Waals surface area contributed by atoms with E-state index in [9.17, 15) is 9.59 Å². The Kier molecular flexibility index (Phi) is 2.27. The summed E-state index contributed by atoms with van der Waals surface area (Å²) in [6, 6.07) is 0. The molecule has 1 fully saturated rings. The number of hydrogen-bond acceptors (Lipinski definition) is 2. The molecule has 11 heavy (non-hydrogen) atoms. The first-order chi connectivity index (χ1) is 5.18. The summed E-state index contributed by atoms with van der Waals surface area (Å²) in [4.78, 5) is 23.2. The van der Waals surface area contributed by atoms with E-state index in [1.807, 2.05) is 0 Å². The van der Waals surface area contributed by atoms with Crippen LogP contribution in [0.15, 0.2) is 0 Å². The van der Waals surface area contributed by atoms with Crippen molar-refractivity contribution in [2.75, 3.05) is 7.05 Å². The summed E-state index contributed by atoms with van der Waals surface area (Å²) in [6.45, 7) is 2.05. The molecular formula is C8H13NO2. The fourth-order valence-corrected chi connectivity index (χ4v) is 1.27. The molecule has 0 atom stereocenters. The Morgan fingerprint density at radius 1 is 1.36 bits per heavy atom. The monoisotopic (exact) mass is 155 g/mol. The van der Waals surface area contributed by atoms with Crippen molar-refractivity contribution < 1.29 is 9.59 Å². The highest BCUT2D eigenvalue weighted by atomic mass is 16.2. The zero-order valence-corrected chi connectivity index (χ0v) is 6.96. The van der Waals surface area contributed by atoms with Gasteiger partial charge in [-0.2, -0.15) is 0 Å². The summed E-state index contributed by atoms with van der Waals surface area (Å²) >= 11 is 0. The Labute approximate surface area is 66.4 Å². The van der Waals surface area contributed by atoms with Crippen molar-refractivity contribution in [1.29, 1.82) is 0 Å². The van der Waals surface area contributed by atoms with Crippen LogP contribution in [0.2, 0.25) is 0 Å². The molecule has 0 aliphatic carbocycles. The molecule has 0 bridgehead atoms. The minimum Gasteiger partial charge on any atom is -0.284 e. The van der Waals surface area contributed by atoms with Gasteiger partial charge in [-0.1, -0.05) is 19.8 Å². The third-order valence-electron chi connectivity index (χ3n) is 2.10. The van der Waals surface area contributed by atoms with E-state index in [4.69, 9.17) is 0 Å². The van der Waals surface area contributed by atoms with Gasteiger partial charge in [-0.25, -0.2) is 0 Å². The third kappa shape index (κ3) is 1.27. The molecular weight excluding hydrogens is 142 g/mol. The number of hydrogen-bond donors (Lipinski definition) is 0. The molecule has 0 aromatic rings. The Hall–Kier alpha value is -0.860. The van der Waals surface area contributed by atoms with Gasteiger partial charge in [0, 0.05) is 7.05 Å². The van der Waals surface area contributed by atoms with Crippen molar-refractivity contribution in [3.8, 4) is 0 Å². The topological polar surface area (TPSA) is 37.4 Å². The molecule has 1 aliphatic rings. The molecule has 3 nitrogen and oxygen atoms in total. The Bertz CT molecular complexity index is 173. The minimum atomic E-state index is -0.306. The van der Waals surface area contributed by atoms with Crippen LogP contribution in [-0.2, 0) is 9.59 Å². The zero-order valence-electron chi connectivity index (χ0n) is 6.96. The fraction of sp³-hybridized carbons (Fsp3) is 0.750. The number of unbranched alkanes of at least 4 members (excludes halogenated alkanes) is 1. The third-order valence-corrected chi connectivity index (χ3v) is 2.10. The fourth-order valence-electron chi connectivity index (χ4n) is 1.27. The van der Waals surface area contributed by atoms with Gasteiger partial charge >= 0.3 is 0 Å². The highest BCUT2D eigenvalue weighted by molar-refractivity contribution is 6.17. The van der Waals surface area contributed by atoms with Crippen LogP contribution in [0.25, 0.3) is 0 Å². The maximum absolute atomic E-state index is 11.0. The van der Waals surface area contributed by atoms with Crippen LogP contribution in [-0.4, -0.2) is 23.8 Å². The van der Waals surface area contributed by atoms with Gasteiger partial charge in [0.1, 0.15) is 5.92 Å². The second-order valence-electron chi connectivity index (χ2n) is 2.93. The van der Waals surface area contributed by atoms with E-state index in [-0.39, 0.29) is 17.7 Å². The lowest BCUT2D eigenvalue weighted by molar-refractivity contribution is -0.163. The number of imide groups is 1. The first kappa shape index (κ1) is 8.24. The Balaban J connectivity index is 2.37. The average Bonchev–Trinajstić information content (AvgIpc) is 2.04. The molecule has 0 spiro atoms. The second-order valence-corrected chi connectivity index (χ2v) is 2.93. The Morgan fingerprint density at radius 3 is 2.36 bits per heavy atom. The van der Waals surface area contributed by atoms with Gasteiger partial charge < -0.3 is 0 Å². The number of likely N-dealkylation sites (tertiary alicyclic amines) is 1. The number of nitrogens with zero attached hydrogens (tertiary/aromatic N) is 1. The van der Waals surface area contributed by atoms with Gasteiger partial charge in [0.25, 0.3) is 0 Å². The van der Waals surface area contributed by atoms with E-state index in [2.05, 4.69) is 6.92 Å². The summed E-state index contributed by atoms with van der Waals surface area (Å²) in [5, 5.41) is 0. The molecule has 0 aromatic carbocycles. The van der Waals surface area contributed by atoms with Gasteiger partial charge in [-0.15, -0.1) is 0 Å². The van der Waals surface area contributed by atoms with E-state index in [0.29, 0.717) is 0 Å². The molecule has 0 saturated carbocycles. The second kappa shape index (κ2) is 3.03. The molecule has 2 amide bonds. The first-order valence-corrected chi connectivity index (χ1v) is 4.00. The van der Waals surface area contributed by atoms with Gasteiger partial charge in [0.2, 0.25) is 11.8 Å². The highest BCUT2D eigenvalue weighted by Crippen LogP contribution is 2.22. The van der Waals surface area contributed by atoms with E-state index >= 15 is 0 Å². The summed E-state index contributed by atoms with van der Waals surface area (Å²) < 4.78 is 0. The molecule has 0 radical (unpaired) electrons. The van der Waals surface area contributed by atoms with Crippen LogP contribution in [0.5, 0.6) is 0 Å². The van der Waals surface area contributed by atoms with Crippen LogP contribution in [0.4, 0.5) is 0 Å². The smallest absolute Gasteiger partial charge is 0.241 e. The molecule has 1 saturated heterocycles. The number of carbonyl (C=O) groups is 2. The quantitative estimate of drug-likeness (QED) is 0.446. The number of amides is 2. The first-order valence-electron chi connectivity index (χ1n) is 4.00. The highest BCUT2D eigenvalue weighted by Gasteiger charge is 2.42. The molecule has 0 aromatic heterocycles. The van der Waals surface area contributed by atoms with Gasteiger partial charge in [-0.05, 0) is 6.42 Å². The minimum absolute atomic E-state index is 0.0107. The van der Waals surface area contributed by atoms with Crippen molar-refractivity contribution >= 4 is 11.8 Å². The van der Waals surface area contributed by atoms with Crippen molar-refractivity contribution in [1.82, 2.24) is 4.90 Å². The van der Waals surface area contributed by atoms with Crippen LogP contribution in [0.1, 0.15) is 26.2 Å². The average molecular weight is 155 g/mol.